The molecular formula is C17H13NO3. The lowest BCUT2D eigenvalue weighted by Gasteiger charge is -2.09. The SMILES string of the molecule is COc1ccc2cc(C(=O)O)c(-c3ccccc3)nc2c1. The number of hydrogen-bond acceptors (Lipinski definition) is 3. The number of carboxylic acids is 1. The van der Waals surface area contributed by atoms with Gasteiger partial charge in [-0.2, -0.15) is 0 Å². The Labute approximate surface area is 121 Å². The number of aromatic nitrogens is 1. The summed E-state index contributed by atoms with van der Waals surface area (Å²) < 4.78 is 5.19. The molecule has 0 aliphatic carbocycles. The van der Waals surface area contributed by atoms with E-state index in [2.05, 4.69) is 4.98 Å². The molecule has 0 aliphatic rings. The Bertz CT molecular complexity index is 813. The van der Waals surface area contributed by atoms with Crippen LogP contribution in [-0.4, -0.2) is 23.2 Å². The zero-order chi connectivity index (χ0) is 14.8. The van der Waals surface area contributed by atoms with E-state index < -0.39 is 5.97 Å². The minimum Gasteiger partial charge on any atom is -0.497 e. The Morgan fingerprint density at radius 1 is 1.10 bits per heavy atom. The number of ether oxygens (including phenoxy) is 1. The van der Waals surface area contributed by atoms with Gasteiger partial charge in [-0.3, -0.25) is 0 Å². The van der Waals surface area contributed by atoms with Gasteiger partial charge in [0.2, 0.25) is 0 Å². The van der Waals surface area contributed by atoms with Crippen LogP contribution in [-0.2, 0) is 0 Å². The third kappa shape index (κ3) is 2.43. The van der Waals surface area contributed by atoms with E-state index in [0.29, 0.717) is 17.0 Å². The molecule has 0 fully saturated rings. The van der Waals surface area contributed by atoms with Crippen molar-refractivity contribution in [3.8, 4) is 17.0 Å². The first kappa shape index (κ1) is 13.1. The summed E-state index contributed by atoms with van der Waals surface area (Å²) in [6.45, 7) is 0. The monoisotopic (exact) mass is 279 g/mol. The maximum atomic E-state index is 11.5. The molecule has 1 heterocycles. The molecule has 0 amide bonds. The zero-order valence-corrected chi connectivity index (χ0v) is 11.4. The van der Waals surface area contributed by atoms with Crippen LogP contribution in [0.25, 0.3) is 22.2 Å². The maximum Gasteiger partial charge on any atom is 0.337 e. The fourth-order valence-electron chi connectivity index (χ4n) is 2.25. The average Bonchev–Trinajstić information content (AvgIpc) is 2.53. The molecule has 0 saturated carbocycles. The molecule has 2 aromatic carbocycles. The second-order valence-electron chi connectivity index (χ2n) is 4.61. The molecule has 4 nitrogen and oxygen atoms in total. The predicted molar refractivity (Wildman–Crippen MR) is 80.7 cm³/mol. The molecule has 3 rings (SSSR count). The van der Waals surface area contributed by atoms with Gasteiger partial charge in [-0.1, -0.05) is 30.3 Å². The van der Waals surface area contributed by atoms with Crippen LogP contribution in [0.1, 0.15) is 10.4 Å². The first-order valence-electron chi connectivity index (χ1n) is 6.46. The zero-order valence-electron chi connectivity index (χ0n) is 11.4. The van der Waals surface area contributed by atoms with Crippen molar-refractivity contribution in [2.45, 2.75) is 0 Å². The number of methoxy groups -OCH3 is 1. The van der Waals surface area contributed by atoms with Crippen molar-refractivity contribution in [3.63, 3.8) is 0 Å². The third-order valence-electron chi connectivity index (χ3n) is 3.30. The van der Waals surface area contributed by atoms with Crippen LogP contribution in [0.15, 0.2) is 54.6 Å². The summed E-state index contributed by atoms with van der Waals surface area (Å²) in [6, 6.07) is 16.3. The van der Waals surface area contributed by atoms with Gasteiger partial charge in [0, 0.05) is 17.0 Å². The maximum absolute atomic E-state index is 11.5. The molecule has 1 N–H and O–H groups in total. The van der Waals surface area contributed by atoms with Crippen molar-refractivity contribution in [1.29, 1.82) is 0 Å². The van der Waals surface area contributed by atoms with Gasteiger partial charge < -0.3 is 9.84 Å². The molecule has 0 atom stereocenters. The number of fused-ring (bicyclic) bond motifs is 1. The van der Waals surface area contributed by atoms with Crippen LogP contribution in [0.4, 0.5) is 0 Å². The van der Waals surface area contributed by atoms with E-state index in [1.165, 1.54) is 0 Å². The predicted octanol–water partition coefficient (Wildman–Crippen LogP) is 3.61. The van der Waals surface area contributed by atoms with Gasteiger partial charge in [0.05, 0.1) is 23.9 Å². The second-order valence-corrected chi connectivity index (χ2v) is 4.61. The summed E-state index contributed by atoms with van der Waals surface area (Å²) in [5.74, 6) is -0.295. The molecule has 0 radical (unpaired) electrons. The van der Waals surface area contributed by atoms with Gasteiger partial charge in [-0.25, -0.2) is 9.78 Å². The molecule has 0 saturated heterocycles. The Hall–Kier alpha value is -2.88. The highest BCUT2D eigenvalue weighted by molar-refractivity contribution is 5.99. The van der Waals surface area contributed by atoms with Gasteiger partial charge >= 0.3 is 5.97 Å². The first-order chi connectivity index (χ1) is 10.2. The van der Waals surface area contributed by atoms with Crippen molar-refractivity contribution < 1.29 is 14.6 Å². The molecule has 1 aromatic heterocycles. The normalized spacial score (nSPS) is 10.5. The summed E-state index contributed by atoms with van der Waals surface area (Å²) in [7, 11) is 1.59. The summed E-state index contributed by atoms with van der Waals surface area (Å²) in [5.41, 5.74) is 2.14. The highest BCUT2D eigenvalue weighted by Crippen LogP contribution is 2.27. The first-order valence-corrected chi connectivity index (χ1v) is 6.46. The number of carboxylic acid groups (broad SMARTS) is 1. The molecule has 21 heavy (non-hydrogen) atoms. The topological polar surface area (TPSA) is 59.4 Å². The Balaban J connectivity index is 2.30. The molecule has 0 bridgehead atoms. The molecule has 3 aromatic rings. The number of aromatic carboxylic acids is 1. The molecule has 104 valence electrons. The summed E-state index contributed by atoms with van der Waals surface area (Å²) >= 11 is 0. The number of carbonyl (C=O) groups is 1. The lowest BCUT2D eigenvalue weighted by Crippen LogP contribution is -2.02. The number of rotatable bonds is 3. The van der Waals surface area contributed by atoms with Crippen molar-refractivity contribution in [2.75, 3.05) is 7.11 Å². The average molecular weight is 279 g/mol. The number of hydrogen-bond donors (Lipinski definition) is 1. The van der Waals surface area contributed by atoms with E-state index in [1.54, 1.807) is 25.3 Å². The summed E-state index contributed by atoms with van der Waals surface area (Å²) in [4.78, 5) is 16.0. The van der Waals surface area contributed by atoms with Crippen LogP contribution >= 0.6 is 0 Å². The van der Waals surface area contributed by atoms with E-state index in [9.17, 15) is 9.90 Å². The standard InChI is InChI=1S/C17H13NO3/c1-21-13-8-7-12-9-14(17(19)20)16(18-15(12)10-13)11-5-3-2-4-6-11/h2-10H,1H3,(H,19,20). The van der Waals surface area contributed by atoms with Crippen LogP contribution < -0.4 is 4.74 Å². The Morgan fingerprint density at radius 2 is 1.86 bits per heavy atom. The fourth-order valence-corrected chi connectivity index (χ4v) is 2.25. The largest absolute Gasteiger partial charge is 0.497 e. The van der Waals surface area contributed by atoms with E-state index in [-0.39, 0.29) is 5.56 Å². The van der Waals surface area contributed by atoms with Gasteiger partial charge in [-0.05, 0) is 18.2 Å². The van der Waals surface area contributed by atoms with E-state index in [0.717, 1.165) is 10.9 Å². The van der Waals surface area contributed by atoms with Crippen LogP contribution in [0.5, 0.6) is 5.75 Å². The highest BCUT2D eigenvalue weighted by Gasteiger charge is 2.15. The van der Waals surface area contributed by atoms with E-state index in [1.807, 2.05) is 36.4 Å². The molecule has 4 heteroatoms. The smallest absolute Gasteiger partial charge is 0.337 e. The van der Waals surface area contributed by atoms with Crippen LogP contribution in [0, 0.1) is 0 Å². The molecule has 0 unspecified atom stereocenters. The second kappa shape index (κ2) is 5.25. The Morgan fingerprint density at radius 3 is 2.52 bits per heavy atom. The highest BCUT2D eigenvalue weighted by atomic mass is 16.5. The molecule has 0 spiro atoms. The van der Waals surface area contributed by atoms with Crippen molar-refractivity contribution in [3.05, 3.63) is 60.2 Å². The summed E-state index contributed by atoms with van der Waals surface area (Å²) in [5, 5.41) is 10.2. The minimum absolute atomic E-state index is 0.193. The van der Waals surface area contributed by atoms with E-state index >= 15 is 0 Å². The third-order valence-corrected chi connectivity index (χ3v) is 3.30. The lowest BCUT2D eigenvalue weighted by molar-refractivity contribution is 0.0697. The molecule has 0 aliphatic heterocycles. The van der Waals surface area contributed by atoms with Crippen molar-refractivity contribution in [1.82, 2.24) is 4.98 Å². The quantitative estimate of drug-likeness (QED) is 0.795. The Kier molecular flexibility index (Phi) is 3.28. The van der Waals surface area contributed by atoms with Crippen molar-refractivity contribution >= 4 is 16.9 Å². The number of benzene rings is 2. The van der Waals surface area contributed by atoms with Gasteiger partial charge in [0.1, 0.15) is 5.75 Å². The van der Waals surface area contributed by atoms with E-state index in [4.69, 9.17) is 4.74 Å². The van der Waals surface area contributed by atoms with Gasteiger partial charge in [0.15, 0.2) is 0 Å². The van der Waals surface area contributed by atoms with Crippen molar-refractivity contribution in [2.24, 2.45) is 0 Å². The van der Waals surface area contributed by atoms with Gasteiger partial charge in [-0.15, -0.1) is 0 Å². The minimum atomic E-state index is -0.987. The molecular weight excluding hydrogens is 266 g/mol. The van der Waals surface area contributed by atoms with Crippen LogP contribution in [0.3, 0.4) is 0 Å². The number of pyridine rings is 1. The number of nitrogens with zero attached hydrogens (tertiary/aromatic N) is 1. The fraction of sp³-hybridized carbons (Fsp3) is 0.0588. The summed E-state index contributed by atoms with van der Waals surface area (Å²) in [6.07, 6.45) is 0. The van der Waals surface area contributed by atoms with Crippen LogP contribution in [0.2, 0.25) is 0 Å². The van der Waals surface area contributed by atoms with Gasteiger partial charge in [0.25, 0.3) is 0 Å². The lowest BCUT2D eigenvalue weighted by atomic mass is 10.0.